The third-order valence-electron chi connectivity index (χ3n) is 6.16. The molecule has 11 heteroatoms. The van der Waals surface area contributed by atoms with Gasteiger partial charge in [0.1, 0.15) is 12.6 Å². The Balaban J connectivity index is 2.05. The van der Waals surface area contributed by atoms with Crippen molar-refractivity contribution in [3.63, 3.8) is 0 Å². The SMILES string of the molecule is CCCCNC(=O)[C@@H](Cc1ccccc1)N(Cc1cccc(Br)c1)C(=O)CN(c1cc(Cl)cc(Cl)c1)S(C)(=O)=O. The van der Waals surface area contributed by atoms with Crippen LogP contribution in [0.15, 0.2) is 77.3 Å². The molecule has 0 radical (unpaired) electrons. The first-order valence-corrected chi connectivity index (χ1v) is 16.2. The van der Waals surface area contributed by atoms with Crippen molar-refractivity contribution in [3.8, 4) is 0 Å². The molecule has 0 fully saturated rings. The number of carbonyl (C=O) groups is 2. The second-order valence-electron chi connectivity index (χ2n) is 9.40. The summed E-state index contributed by atoms with van der Waals surface area (Å²) in [5.41, 5.74) is 1.80. The minimum absolute atomic E-state index is 0.0882. The lowest BCUT2D eigenvalue weighted by molar-refractivity contribution is -0.140. The van der Waals surface area contributed by atoms with Gasteiger partial charge in [-0.1, -0.05) is 94.9 Å². The number of benzene rings is 3. The van der Waals surface area contributed by atoms with E-state index in [0.29, 0.717) is 6.54 Å². The highest BCUT2D eigenvalue weighted by atomic mass is 79.9. The first-order valence-electron chi connectivity index (χ1n) is 12.8. The highest BCUT2D eigenvalue weighted by molar-refractivity contribution is 9.10. The fourth-order valence-electron chi connectivity index (χ4n) is 4.19. The van der Waals surface area contributed by atoms with Crippen LogP contribution < -0.4 is 9.62 Å². The maximum absolute atomic E-state index is 14.1. The Bertz CT molecular complexity index is 1400. The van der Waals surface area contributed by atoms with E-state index >= 15 is 0 Å². The largest absolute Gasteiger partial charge is 0.354 e. The van der Waals surface area contributed by atoms with Gasteiger partial charge in [-0.15, -0.1) is 0 Å². The molecule has 3 aromatic rings. The quantitative estimate of drug-likeness (QED) is 0.224. The van der Waals surface area contributed by atoms with Crippen molar-refractivity contribution < 1.29 is 18.0 Å². The van der Waals surface area contributed by atoms with E-state index in [2.05, 4.69) is 21.2 Å². The molecule has 3 aromatic carbocycles. The predicted octanol–water partition coefficient (Wildman–Crippen LogP) is 6.08. The molecule has 214 valence electrons. The molecule has 2 amide bonds. The summed E-state index contributed by atoms with van der Waals surface area (Å²) in [6.45, 7) is 2.04. The van der Waals surface area contributed by atoms with Crippen LogP contribution in [0.2, 0.25) is 10.0 Å². The fraction of sp³-hybridized carbons (Fsp3) is 0.310. The van der Waals surface area contributed by atoms with Crippen LogP contribution in [0.3, 0.4) is 0 Å². The average molecular weight is 669 g/mol. The molecule has 0 aliphatic rings. The van der Waals surface area contributed by atoms with Crippen LogP contribution in [0.25, 0.3) is 0 Å². The lowest BCUT2D eigenvalue weighted by Gasteiger charge is -2.33. The molecule has 3 rings (SSSR count). The number of halogens is 3. The average Bonchev–Trinajstić information content (AvgIpc) is 2.88. The monoisotopic (exact) mass is 667 g/mol. The minimum atomic E-state index is -3.92. The van der Waals surface area contributed by atoms with Gasteiger partial charge in [0.15, 0.2) is 0 Å². The van der Waals surface area contributed by atoms with E-state index in [1.54, 1.807) is 0 Å². The second kappa shape index (κ2) is 14.9. The summed E-state index contributed by atoms with van der Waals surface area (Å²) < 4.78 is 27.5. The number of anilines is 1. The van der Waals surface area contributed by atoms with Gasteiger partial charge in [0.2, 0.25) is 21.8 Å². The van der Waals surface area contributed by atoms with Crippen molar-refractivity contribution in [1.82, 2.24) is 10.2 Å². The van der Waals surface area contributed by atoms with E-state index in [4.69, 9.17) is 23.2 Å². The van der Waals surface area contributed by atoms with E-state index in [1.807, 2.05) is 61.5 Å². The number of hydrogen-bond donors (Lipinski definition) is 1. The van der Waals surface area contributed by atoms with Gasteiger partial charge in [0, 0.05) is 34.0 Å². The molecule has 0 aliphatic heterocycles. The zero-order valence-electron chi connectivity index (χ0n) is 22.3. The van der Waals surface area contributed by atoms with Crippen molar-refractivity contribution in [2.75, 3.05) is 23.7 Å². The van der Waals surface area contributed by atoms with Gasteiger partial charge in [-0.3, -0.25) is 13.9 Å². The van der Waals surface area contributed by atoms with Crippen LogP contribution in [-0.2, 0) is 32.6 Å². The lowest BCUT2D eigenvalue weighted by atomic mass is 10.0. The summed E-state index contributed by atoms with van der Waals surface area (Å²) in [5, 5.41) is 3.41. The highest BCUT2D eigenvalue weighted by Gasteiger charge is 2.33. The number of nitrogens with zero attached hydrogens (tertiary/aromatic N) is 2. The first-order chi connectivity index (χ1) is 19.0. The zero-order valence-corrected chi connectivity index (χ0v) is 26.2. The summed E-state index contributed by atoms with van der Waals surface area (Å²) in [5.74, 6) is -0.856. The molecule has 0 aliphatic carbocycles. The van der Waals surface area contributed by atoms with Crippen molar-refractivity contribution in [2.45, 2.75) is 38.8 Å². The third-order valence-corrected chi connectivity index (χ3v) is 8.23. The first kappa shape index (κ1) is 31.9. The summed E-state index contributed by atoms with van der Waals surface area (Å²) in [4.78, 5) is 29.1. The Kier molecular flexibility index (Phi) is 11.9. The third kappa shape index (κ3) is 9.51. The van der Waals surface area contributed by atoms with E-state index in [9.17, 15) is 18.0 Å². The van der Waals surface area contributed by atoms with Gasteiger partial charge in [0.05, 0.1) is 11.9 Å². The Hall–Kier alpha value is -2.59. The van der Waals surface area contributed by atoms with E-state index in [-0.39, 0.29) is 34.6 Å². The van der Waals surface area contributed by atoms with Crippen LogP contribution in [0, 0.1) is 0 Å². The standard InChI is InChI=1S/C29H32BrCl2N3O4S/c1-3-4-13-33-29(37)27(15-21-9-6-5-7-10-21)34(19-22-11-8-12-23(30)14-22)28(36)20-35(40(2,38)39)26-17-24(31)16-25(32)18-26/h5-12,14,16-18,27H,3-4,13,15,19-20H2,1-2H3,(H,33,37)/t27-/m1/s1. The number of rotatable bonds is 13. The molecule has 0 bridgehead atoms. The summed E-state index contributed by atoms with van der Waals surface area (Å²) in [7, 11) is -3.92. The topological polar surface area (TPSA) is 86.8 Å². The molecular formula is C29H32BrCl2N3O4S. The number of unbranched alkanes of at least 4 members (excludes halogenated alkanes) is 1. The molecule has 0 unspecified atom stereocenters. The molecule has 7 nitrogen and oxygen atoms in total. The van der Waals surface area contributed by atoms with Crippen LogP contribution in [0.4, 0.5) is 5.69 Å². The molecule has 0 saturated carbocycles. The number of carbonyl (C=O) groups excluding carboxylic acids is 2. The molecule has 0 heterocycles. The van der Waals surface area contributed by atoms with Gasteiger partial charge in [-0.25, -0.2) is 8.42 Å². The summed E-state index contributed by atoms with van der Waals surface area (Å²) in [6.07, 6.45) is 2.95. The molecular weight excluding hydrogens is 637 g/mol. The van der Waals surface area contributed by atoms with Crippen molar-refractivity contribution in [1.29, 1.82) is 0 Å². The molecule has 0 saturated heterocycles. The maximum Gasteiger partial charge on any atom is 0.244 e. The van der Waals surface area contributed by atoms with Crippen molar-refractivity contribution in [2.24, 2.45) is 0 Å². The van der Waals surface area contributed by atoms with Crippen LogP contribution in [-0.4, -0.2) is 50.5 Å². The summed E-state index contributed by atoms with van der Waals surface area (Å²) in [6, 6.07) is 20.3. The smallest absolute Gasteiger partial charge is 0.244 e. The number of hydrogen-bond acceptors (Lipinski definition) is 4. The number of sulfonamides is 1. The van der Waals surface area contributed by atoms with Gasteiger partial charge in [0.25, 0.3) is 0 Å². The predicted molar refractivity (Wildman–Crippen MR) is 165 cm³/mol. The number of amides is 2. The van der Waals surface area contributed by atoms with E-state index in [0.717, 1.165) is 39.0 Å². The van der Waals surface area contributed by atoms with Crippen molar-refractivity contribution >= 4 is 66.7 Å². The van der Waals surface area contributed by atoms with Crippen LogP contribution in [0.5, 0.6) is 0 Å². The highest BCUT2D eigenvalue weighted by Crippen LogP contribution is 2.27. The number of nitrogens with one attached hydrogen (secondary N) is 1. The molecule has 40 heavy (non-hydrogen) atoms. The molecule has 0 aromatic heterocycles. The molecule has 1 N–H and O–H groups in total. The van der Waals surface area contributed by atoms with E-state index in [1.165, 1.54) is 23.1 Å². The second-order valence-corrected chi connectivity index (χ2v) is 13.1. The Morgan fingerprint density at radius 3 is 2.20 bits per heavy atom. The van der Waals surface area contributed by atoms with Gasteiger partial charge in [-0.05, 0) is 47.9 Å². The van der Waals surface area contributed by atoms with Gasteiger partial charge in [-0.2, -0.15) is 0 Å². The minimum Gasteiger partial charge on any atom is -0.354 e. The van der Waals surface area contributed by atoms with Crippen molar-refractivity contribution in [3.05, 3.63) is 98.4 Å². The Morgan fingerprint density at radius 1 is 0.950 bits per heavy atom. The lowest BCUT2D eigenvalue weighted by Crippen LogP contribution is -2.53. The van der Waals surface area contributed by atoms with Crippen LogP contribution in [0.1, 0.15) is 30.9 Å². The molecule has 1 atom stereocenters. The van der Waals surface area contributed by atoms with Gasteiger partial charge >= 0.3 is 0 Å². The Morgan fingerprint density at radius 2 is 1.60 bits per heavy atom. The molecule has 0 spiro atoms. The summed E-state index contributed by atoms with van der Waals surface area (Å²) >= 11 is 15.8. The fourth-order valence-corrected chi connectivity index (χ4v) is 5.98. The Labute approximate surface area is 254 Å². The maximum atomic E-state index is 14.1. The normalized spacial score (nSPS) is 12.0. The van der Waals surface area contributed by atoms with E-state index < -0.39 is 28.5 Å². The van der Waals surface area contributed by atoms with Crippen LogP contribution >= 0.6 is 39.1 Å². The van der Waals surface area contributed by atoms with Gasteiger partial charge < -0.3 is 10.2 Å². The zero-order chi connectivity index (χ0) is 29.3.